The molecule has 3 heteroatoms. The zero-order valence-corrected chi connectivity index (χ0v) is 10.4. The molecule has 1 atom stereocenters. The van der Waals surface area contributed by atoms with Gasteiger partial charge in [0.15, 0.2) is 0 Å². The van der Waals surface area contributed by atoms with E-state index in [9.17, 15) is 0 Å². The van der Waals surface area contributed by atoms with Crippen LogP contribution in [0.25, 0.3) is 0 Å². The molecule has 0 aromatic heterocycles. The quantitative estimate of drug-likeness (QED) is 0.807. The van der Waals surface area contributed by atoms with Crippen molar-refractivity contribution in [3.63, 3.8) is 0 Å². The Hall–Kier alpha value is -0.290. The molecular formula is C11H14INO. The van der Waals surface area contributed by atoms with E-state index in [2.05, 4.69) is 28.7 Å². The van der Waals surface area contributed by atoms with Gasteiger partial charge in [0.2, 0.25) is 0 Å². The monoisotopic (exact) mass is 303 g/mol. The third-order valence-electron chi connectivity index (χ3n) is 2.77. The summed E-state index contributed by atoms with van der Waals surface area (Å²) in [5.41, 5.74) is 8.77. The number of halogens is 1. The van der Waals surface area contributed by atoms with Gasteiger partial charge in [0.05, 0.1) is 10.7 Å². The average molecular weight is 303 g/mol. The van der Waals surface area contributed by atoms with E-state index in [0.29, 0.717) is 6.04 Å². The summed E-state index contributed by atoms with van der Waals surface area (Å²) in [5.74, 6) is 0.986. The van der Waals surface area contributed by atoms with Gasteiger partial charge in [0, 0.05) is 6.04 Å². The van der Waals surface area contributed by atoms with Crippen LogP contribution in [0.1, 0.15) is 17.5 Å². The first kappa shape index (κ1) is 10.2. The summed E-state index contributed by atoms with van der Waals surface area (Å²) in [5, 5.41) is 0. The fraction of sp³-hybridized carbons (Fsp3) is 0.455. The maximum Gasteiger partial charge on any atom is 0.132 e. The number of benzene rings is 1. The van der Waals surface area contributed by atoms with E-state index < -0.39 is 0 Å². The molecule has 14 heavy (non-hydrogen) atoms. The molecule has 1 unspecified atom stereocenters. The fourth-order valence-electron chi connectivity index (χ4n) is 1.97. The van der Waals surface area contributed by atoms with Crippen LogP contribution in [0.4, 0.5) is 0 Å². The van der Waals surface area contributed by atoms with E-state index in [0.717, 1.165) is 25.0 Å². The van der Waals surface area contributed by atoms with Crippen LogP contribution in [0.3, 0.4) is 0 Å². The van der Waals surface area contributed by atoms with Crippen LogP contribution in [0.2, 0.25) is 0 Å². The molecule has 1 aromatic rings. The van der Waals surface area contributed by atoms with E-state index in [4.69, 9.17) is 10.5 Å². The number of rotatable bonds is 1. The first-order chi connectivity index (χ1) is 6.72. The first-order valence-corrected chi connectivity index (χ1v) is 5.90. The van der Waals surface area contributed by atoms with E-state index in [1.807, 2.05) is 6.07 Å². The summed E-state index contributed by atoms with van der Waals surface area (Å²) < 4.78 is 6.56. The highest BCUT2D eigenvalue weighted by Gasteiger charge is 2.19. The van der Waals surface area contributed by atoms with Gasteiger partial charge in [-0.05, 0) is 59.0 Å². The third kappa shape index (κ3) is 1.75. The Bertz CT molecular complexity index is 351. The maximum atomic E-state index is 5.94. The second-order valence-corrected chi connectivity index (χ2v) is 4.80. The number of methoxy groups -OCH3 is 1. The molecule has 2 rings (SSSR count). The van der Waals surface area contributed by atoms with Crippen LogP contribution < -0.4 is 10.5 Å². The lowest BCUT2D eigenvalue weighted by atomic mass is 9.89. The Morgan fingerprint density at radius 2 is 2.29 bits per heavy atom. The second kappa shape index (κ2) is 4.06. The predicted octanol–water partition coefficient (Wildman–Crippen LogP) is 2.12. The van der Waals surface area contributed by atoms with Crippen molar-refractivity contribution < 1.29 is 4.74 Å². The molecule has 2 N–H and O–H groups in total. The summed E-state index contributed by atoms with van der Waals surface area (Å²) in [6.45, 7) is 0. The Morgan fingerprint density at radius 1 is 1.50 bits per heavy atom. The summed E-state index contributed by atoms with van der Waals surface area (Å²) in [4.78, 5) is 0. The van der Waals surface area contributed by atoms with Crippen molar-refractivity contribution in [3.8, 4) is 5.75 Å². The summed E-state index contributed by atoms with van der Waals surface area (Å²) >= 11 is 2.37. The van der Waals surface area contributed by atoms with E-state index in [1.54, 1.807) is 7.11 Å². The van der Waals surface area contributed by atoms with E-state index in [-0.39, 0.29) is 0 Å². The van der Waals surface area contributed by atoms with E-state index in [1.165, 1.54) is 14.7 Å². The van der Waals surface area contributed by atoms with Crippen molar-refractivity contribution in [1.29, 1.82) is 0 Å². The molecule has 2 nitrogen and oxygen atoms in total. The Morgan fingerprint density at radius 3 is 3.00 bits per heavy atom. The second-order valence-electron chi connectivity index (χ2n) is 3.72. The molecule has 1 aliphatic rings. The highest BCUT2D eigenvalue weighted by molar-refractivity contribution is 14.1. The van der Waals surface area contributed by atoms with Gasteiger partial charge in [0.1, 0.15) is 5.75 Å². The van der Waals surface area contributed by atoms with Crippen LogP contribution in [0.15, 0.2) is 12.1 Å². The lowest BCUT2D eigenvalue weighted by molar-refractivity contribution is 0.410. The number of hydrogen-bond donors (Lipinski definition) is 1. The molecule has 0 fully saturated rings. The normalized spacial score (nSPS) is 20.4. The van der Waals surface area contributed by atoms with Gasteiger partial charge in [-0.3, -0.25) is 0 Å². The molecule has 0 radical (unpaired) electrons. The van der Waals surface area contributed by atoms with Gasteiger partial charge >= 0.3 is 0 Å². The van der Waals surface area contributed by atoms with Crippen LogP contribution in [0, 0.1) is 3.57 Å². The molecule has 0 bridgehead atoms. The zero-order valence-electron chi connectivity index (χ0n) is 8.22. The Kier molecular flexibility index (Phi) is 2.97. The maximum absolute atomic E-state index is 5.94. The molecule has 1 aromatic carbocycles. The van der Waals surface area contributed by atoms with Gasteiger partial charge in [-0.25, -0.2) is 0 Å². The fourth-order valence-corrected chi connectivity index (χ4v) is 2.99. The molecule has 0 amide bonds. The van der Waals surface area contributed by atoms with Gasteiger partial charge in [0.25, 0.3) is 0 Å². The topological polar surface area (TPSA) is 35.2 Å². The standard InChI is InChI=1S/C11H14INO/c1-14-10-5-2-7-6-8(13)3-4-9(7)11(10)12/h2,5,8H,3-4,6,13H2,1H3. The first-order valence-electron chi connectivity index (χ1n) is 4.82. The zero-order chi connectivity index (χ0) is 10.1. The van der Waals surface area contributed by atoms with Crippen LogP contribution in [-0.2, 0) is 12.8 Å². The van der Waals surface area contributed by atoms with Gasteiger partial charge < -0.3 is 10.5 Å². The molecule has 0 saturated heterocycles. The van der Waals surface area contributed by atoms with Crippen molar-refractivity contribution in [2.45, 2.75) is 25.3 Å². The molecule has 0 aliphatic heterocycles. The molecule has 0 saturated carbocycles. The van der Waals surface area contributed by atoms with E-state index >= 15 is 0 Å². The van der Waals surface area contributed by atoms with Gasteiger partial charge in [-0.15, -0.1) is 0 Å². The van der Waals surface area contributed by atoms with Crippen LogP contribution in [0.5, 0.6) is 5.75 Å². The Balaban J connectivity index is 2.43. The molecule has 0 heterocycles. The van der Waals surface area contributed by atoms with Gasteiger partial charge in [-0.1, -0.05) is 6.07 Å². The number of hydrogen-bond acceptors (Lipinski definition) is 2. The summed E-state index contributed by atoms with van der Waals surface area (Å²) in [6.07, 6.45) is 3.19. The molecule has 0 spiro atoms. The highest BCUT2D eigenvalue weighted by Crippen LogP contribution is 2.31. The van der Waals surface area contributed by atoms with Crippen molar-refractivity contribution in [2.24, 2.45) is 5.73 Å². The smallest absolute Gasteiger partial charge is 0.132 e. The average Bonchev–Trinajstić information content (AvgIpc) is 2.18. The SMILES string of the molecule is COc1ccc2c(c1I)CCC(N)C2. The van der Waals surface area contributed by atoms with Crippen molar-refractivity contribution in [2.75, 3.05) is 7.11 Å². The molecule has 76 valence electrons. The summed E-state index contributed by atoms with van der Waals surface area (Å²) in [6, 6.07) is 4.53. The lowest BCUT2D eigenvalue weighted by Gasteiger charge is -2.23. The minimum Gasteiger partial charge on any atom is -0.496 e. The third-order valence-corrected chi connectivity index (χ3v) is 3.95. The van der Waals surface area contributed by atoms with Crippen molar-refractivity contribution in [3.05, 3.63) is 26.8 Å². The largest absolute Gasteiger partial charge is 0.496 e. The number of fused-ring (bicyclic) bond motifs is 1. The lowest BCUT2D eigenvalue weighted by Crippen LogP contribution is -2.28. The van der Waals surface area contributed by atoms with Crippen LogP contribution >= 0.6 is 22.6 Å². The Labute approximate surface area is 98.0 Å². The minimum absolute atomic E-state index is 0.340. The summed E-state index contributed by atoms with van der Waals surface area (Å²) in [7, 11) is 1.72. The predicted molar refractivity (Wildman–Crippen MR) is 65.7 cm³/mol. The van der Waals surface area contributed by atoms with Crippen molar-refractivity contribution >= 4 is 22.6 Å². The van der Waals surface area contributed by atoms with Gasteiger partial charge in [-0.2, -0.15) is 0 Å². The number of nitrogens with two attached hydrogens (primary N) is 1. The van der Waals surface area contributed by atoms with Crippen molar-refractivity contribution in [1.82, 2.24) is 0 Å². The minimum atomic E-state index is 0.340. The molecular weight excluding hydrogens is 289 g/mol. The molecule has 1 aliphatic carbocycles. The van der Waals surface area contributed by atoms with Crippen LogP contribution in [-0.4, -0.2) is 13.2 Å². The highest BCUT2D eigenvalue weighted by atomic mass is 127. The number of ether oxygens (including phenoxy) is 1.